The van der Waals surface area contributed by atoms with Gasteiger partial charge < -0.3 is 10.1 Å². The molecule has 140 valence electrons. The Bertz CT molecular complexity index is 728. The largest absolute Gasteiger partial charge is 0.511 e. The van der Waals surface area contributed by atoms with Crippen molar-refractivity contribution >= 4 is 27.3 Å². The molecule has 1 atom stereocenters. The van der Waals surface area contributed by atoms with Gasteiger partial charge in [0.15, 0.2) is 0 Å². The van der Waals surface area contributed by atoms with Gasteiger partial charge in [-0.3, -0.25) is 4.79 Å². The Labute approximate surface area is 147 Å². The van der Waals surface area contributed by atoms with Crippen molar-refractivity contribution in [2.24, 2.45) is 5.92 Å². The van der Waals surface area contributed by atoms with Crippen LogP contribution < -0.4 is 5.32 Å². The van der Waals surface area contributed by atoms with Crippen LogP contribution in [0.5, 0.6) is 0 Å². The molecule has 25 heavy (non-hydrogen) atoms. The summed E-state index contributed by atoms with van der Waals surface area (Å²) < 4.78 is 66.6. The highest BCUT2D eigenvalue weighted by atomic mass is 32.2. The quantitative estimate of drug-likeness (QED) is 0.821. The Kier molecular flexibility index (Phi) is 4.86. The van der Waals surface area contributed by atoms with Crippen LogP contribution in [0.1, 0.15) is 23.2 Å². The summed E-state index contributed by atoms with van der Waals surface area (Å²) in [4.78, 5) is 11.9. The van der Waals surface area contributed by atoms with Gasteiger partial charge in [-0.2, -0.15) is 28.8 Å². The normalized spacial score (nSPS) is 23.6. The van der Waals surface area contributed by atoms with Crippen LogP contribution >= 0.6 is 11.3 Å². The second kappa shape index (κ2) is 6.53. The summed E-state index contributed by atoms with van der Waals surface area (Å²) >= 11 is 1.41. The van der Waals surface area contributed by atoms with Crippen molar-refractivity contribution in [3.8, 4) is 0 Å². The average Bonchev–Trinajstić information content (AvgIpc) is 3.13. The van der Waals surface area contributed by atoms with E-state index >= 15 is 0 Å². The van der Waals surface area contributed by atoms with Gasteiger partial charge in [-0.25, -0.2) is 8.42 Å². The highest BCUT2D eigenvalue weighted by molar-refractivity contribution is 7.90. The first-order valence-corrected chi connectivity index (χ1v) is 10.0. The van der Waals surface area contributed by atoms with E-state index in [0.717, 1.165) is 0 Å². The number of hydrogen-bond donors (Lipinski definition) is 1. The lowest BCUT2D eigenvalue weighted by atomic mass is 9.80. The molecule has 0 aromatic carbocycles. The van der Waals surface area contributed by atoms with Gasteiger partial charge in [0, 0.05) is 37.2 Å². The summed E-state index contributed by atoms with van der Waals surface area (Å²) in [5.74, 6) is -0.293. The molecular weight excluding hydrogens is 381 g/mol. The number of halogens is 3. The number of carbonyl (C=O) groups excluding carboxylic acids is 1. The SMILES string of the molecule is O=C(NCCC1CCOC12CN(S(=O)(=O)C(F)(F)F)C2)c1ccsc1. The fourth-order valence-electron chi connectivity index (χ4n) is 3.26. The van der Waals surface area contributed by atoms with Crippen LogP contribution in [0.25, 0.3) is 0 Å². The van der Waals surface area contributed by atoms with E-state index in [2.05, 4.69) is 5.32 Å². The maximum Gasteiger partial charge on any atom is 0.511 e. The van der Waals surface area contributed by atoms with Crippen LogP contribution in [-0.4, -0.2) is 56.0 Å². The molecule has 2 fully saturated rings. The average molecular weight is 398 g/mol. The predicted octanol–water partition coefficient (Wildman–Crippen LogP) is 1.81. The minimum Gasteiger partial charge on any atom is -0.372 e. The van der Waals surface area contributed by atoms with Crippen molar-refractivity contribution in [1.29, 1.82) is 0 Å². The first kappa shape index (κ1) is 18.6. The lowest BCUT2D eigenvalue weighted by molar-refractivity contribution is -0.113. The molecule has 1 unspecified atom stereocenters. The van der Waals surface area contributed by atoms with Crippen molar-refractivity contribution < 1.29 is 31.1 Å². The first-order chi connectivity index (χ1) is 11.7. The van der Waals surface area contributed by atoms with Crippen molar-refractivity contribution in [2.75, 3.05) is 26.2 Å². The smallest absolute Gasteiger partial charge is 0.372 e. The molecule has 0 aliphatic carbocycles. The van der Waals surface area contributed by atoms with Crippen molar-refractivity contribution in [3.05, 3.63) is 22.4 Å². The van der Waals surface area contributed by atoms with Crippen molar-refractivity contribution in [1.82, 2.24) is 9.62 Å². The third-order valence-electron chi connectivity index (χ3n) is 4.68. The highest BCUT2D eigenvalue weighted by Gasteiger charge is 2.61. The number of carbonyl (C=O) groups is 1. The summed E-state index contributed by atoms with van der Waals surface area (Å²) in [5.41, 5.74) is -5.60. The molecule has 3 rings (SSSR count). The summed E-state index contributed by atoms with van der Waals surface area (Å²) in [6.45, 7) is 0.148. The molecule has 3 heterocycles. The topological polar surface area (TPSA) is 75.7 Å². The maximum atomic E-state index is 12.6. The molecule has 0 saturated carbocycles. The summed E-state index contributed by atoms with van der Waals surface area (Å²) in [7, 11) is -5.31. The molecule has 2 aliphatic rings. The predicted molar refractivity (Wildman–Crippen MR) is 84.6 cm³/mol. The van der Waals surface area contributed by atoms with Crippen molar-refractivity contribution in [3.63, 3.8) is 0 Å². The summed E-state index contributed by atoms with van der Waals surface area (Å²) in [5, 5.41) is 6.28. The molecule has 2 aliphatic heterocycles. The number of thiophene rings is 1. The van der Waals surface area contributed by atoms with E-state index in [9.17, 15) is 26.4 Å². The van der Waals surface area contributed by atoms with Crippen LogP contribution in [0.4, 0.5) is 13.2 Å². The minimum atomic E-state index is -5.31. The number of amides is 1. The maximum absolute atomic E-state index is 12.6. The van der Waals surface area contributed by atoms with Gasteiger partial charge in [0.2, 0.25) is 0 Å². The zero-order valence-corrected chi connectivity index (χ0v) is 14.7. The van der Waals surface area contributed by atoms with E-state index < -0.39 is 21.1 Å². The Morgan fingerprint density at radius 2 is 2.16 bits per heavy atom. The molecule has 11 heteroatoms. The molecule has 6 nitrogen and oxygen atoms in total. The Morgan fingerprint density at radius 3 is 2.76 bits per heavy atom. The number of rotatable bonds is 5. The van der Waals surface area contributed by atoms with Crippen LogP contribution in [0.15, 0.2) is 16.8 Å². The number of nitrogens with one attached hydrogen (secondary N) is 1. The Balaban J connectivity index is 1.53. The van der Waals surface area contributed by atoms with Gasteiger partial charge in [-0.05, 0) is 30.2 Å². The van der Waals surface area contributed by atoms with E-state index in [4.69, 9.17) is 4.74 Å². The monoisotopic (exact) mass is 398 g/mol. The fraction of sp³-hybridized carbons (Fsp3) is 0.643. The van der Waals surface area contributed by atoms with Crippen molar-refractivity contribution in [2.45, 2.75) is 24.0 Å². The molecule has 1 aromatic heterocycles. The lowest BCUT2D eigenvalue weighted by Gasteiger charge is -2.49. The lowest BCUT2D eigenvalue weighted by Crippen LogP contribution is -2.67. The van der Waals surface area contributed by atoms with E-state index in [1.165, 1.54) is 11.3 Å². The van der Waals surface area contributed by atoms with Crippen LogP contribution in [0.2, 0.25) is 0 Å². The van der Waals surface area contributed by atoms with Gasteiger partial charge in [0.1, 0.15) is 0 Å². The van der Waals surface area contributed by atoms with E-state index in [1.54, 1.807) is 16.8 Å². The van der Waals surface area contributed by atoms with E-state index in [-0.39, 0.29) is 24.9 Å². The fourth-order valence-corrected chi connectivity index (χ4v) is 4.97. The van der Waals surface area contributed by atoms with Gasteiger partial charge in [-0.1, -0.05) is 0 Å². The van der Waals surface area contributed by atoms with Gasteiger partial charge >= 0.3 is 15.5 Å². The number of sulfonamides is 1. The molecule has 1 amide bonds. The van der Waals surface area contributed by atoms with E-state index in [1.807, 2.05) is 0 Å². The molecule has 2 saturated heterocycles. The summed E-state index contributed by atoms with van der Waals surface area (Å²) in [6, 6.07) is 1.70. The van der Waals surface area contributed by atoms with Crippen LogP contribution in [-0.2, 0) is 14.8 Å². The van der Waals surface area contributed by atoms with Gasteiger partial charge in [0.05, 0.1) is 5.60 Å². The molecule has 1 N–H and O–H groups in total. The number of hydrogen-bond acceptors (Lipinski definition) is 5. The number of alkyl halides is 3. The number of ether oxygens (including phenoxy) is 1. The van der Waals surface area contributed by atoms with Gasteiger partial charge in [0.25, 0.3) is 5.91 Å². The minimum absolute atomic E-state index is 0.0880. The summed E-state index contributed by atoms with van der Waals surface area (Å²) in [6.07, 6.45) is 1.16. The highest BCUT2D eigenvalue weighted by Crippen LogP contribution is 2.44. The first-order valence-electron chi connectivity index (χ1n) is 7.66. The zero-order valence-electron chi connectivity index (χ0n) is 13.1. The third-order valence-corrected chi connectivity index (χ3v) is 6.89. The third kappa shape index (κ3) is 3.42. The number of nitrogens with zero attached hydrogens (tertiary/aromatic N) is 1. The second-order valence-corrected chi connectivity index (χ2v) is 8.88. The molecule has 0 bridgehead atoms. The second-order valence-electron chi connectivity index (χ2n) is 6.17. The standard InChI is InChI=1S/C14H17F3N2O4S2/c15-14(16,17)25(21,22)19-8-13(9-19)11(2-5-23-13)1-4-18-12(20)10-3-6-24-7-10/h3,6-7,11H,1-2,4-5,8-9H2,(H,18,20). The van der Waals surface area contributed by atoms with Crippen LogP contribution in [0.3, 0.4) is 0 Å². The molecule has 1 spiro atoms. The van der Waals surface area contributed by atoms with E-state index in [0.29, 0.717) is 35.9 Å². The Hall–Kier alpha value is -1.17. The zero-order chi connectivity index (χ0) is 18.3. The molecule has 1 aromatic rings. The Morgan fingerprint density at radius 1 is 1.44 bits per heavy atom. The molecule has 0 radical (unpaired) electrons. The molecular formula is C14H17F3N2O4S2. The van der Waals surface area contributed by atoms with Gasteiger partial charge in [-0.15, -0.1) is 0 Å². The van der Waals surface area contributed by atoms with Crippen LogP contribution in [0, 0.1) is 5.92 Å².